The van der Waals surface area contributed by atoms with Crippen molar-refractivity contribution in [2.45, 2.75) is 38.5 Å². The Morgan fingerprint density at radius 1 is 1.30 bits per heavy atom. The van der Waals surface area contributed by atoms with Crippen molar-refractivity contribution < 1.29 is 18.3 Å². The molecule has 3 heterocycles. The molecule has 1 aromatic carbocycles. The Labute approximate surface area is 158 Å². The highest BCUT2D eigenvalue weighted by molar-refractivity contribution is 5.83. The van der Waals surface area contributed by atoms with E-state index in [9.17, 15) is 4.39 Å². The molecule has 0 amide bonds. The molecule has 2 atom stereocenters. The zero-order valence-corrected chi connectivity index (χ0v) is 15.8. The third-order valence-electron chi connectivity index (χ3n) is 5.39. The van der Waals surface area contributed by atoms with E-state index in [2.05, 4.69) is 15.2 Å². The molecule has 2 aliphatic rings. The quantitative estimate of drug-likeness (QED) is 0.660. The topological polar surface area (TPSA) is 59.2 Å². The number of halogens is 1. The van der Waals surface area contributed by atoms with Gasteiger partial charge in [-0.25, -0.2) is 4.39 Å². The molecule has 6 nitrogen and oxygen atoms in total. The Balaban J connectivity index is 1.42. The number of furan rings is 1. The lowest BCUT2D eigenvalue weighted by molar-refractivity contribution is -0.0817. The highest BCUT2D eigenvalue weighted by Gasteiger charge is 2.32. The summed E-state index contributed by atoms with van der Waals surface area (Å²) in [7, 11) is 1.78. The van der Waals surface area contributed by atoms with Gasteiger partial charge in [0.05, 0.1) is 19.3 Å². The van der Waals surface area contributed by atoms with Crippen molar-refractivity contribution in [3.8, 4) is 0 Å². The number of aryl methyl sites for hydroxylation is 1. The van der Waals surface area contributed by atoms with E-state index in [0.29, 0.717) is 18.7 Å². The highest BCUT2D eigenvalue weighted by atomic mass is 19.1. The maximum absolute atomic E-state index is 13.5. The average molecular weight is 375 g/mol. The number of rotatable bonds is 3. The molecule has 0 aliphatic carbocycles. The van der Waals surface area contributed by atoms with Crippen LogP contribution in [0.3, 0.4) is 0 Å². The highest BCUT2D eigenvalue weighted by Crippen LogP contribution is 2.26. The van der Waals surface area contributed by atoms with Crippen LogP contribution in [0.4, 0.5) is 4.39 Å². The Kier molecular flexibility index (Phi) is 5.31. The molecule has 2 unspecified atom stereocenters. The monoisotopic (exact) mass is 375 g/mol. The van der Waals surface area contributed by atoms with Crippen LogP contribution in [-0.2, 0) is 16.0 Å². The van der Waals surface area contributed by atoms with Gasteiger partial charge in [0.15, 0.2) is 5.96 Å². The van der Waals surface area contributed by atoms with Crippen LogP contribution >= 0.6 is 0 Å². The fraction of sp³-hybridized carbons (Fsp3) is 0.550. The van der Waals surface area contributed by atoms with Gasteiger partial charge in [0.1, 0.15) is 23.3 Å². The van der Waals surface area contributed by atoms with Gasteiger partial charge in [-0.3, -0.25) is 4.99 Å². The number of fused-ring (bicyclic) bond motifs is 1. The van der Waals surface area contributed by atoms with Crippen molar-refractivity contribution in [2.75, 3.05) is 33.4 Å². The molecule has 2 saturated heterocycles. The molecule has 1 N–H and O–H groups in total. The summed E-state index contributed by atoms with van der Waals surface area (Å²) in [5.74, 6) is 1.35. The summed E-state index contributed by atoms with van der Waals surface area (Å²) < 4.78 is 31.1. The summed E-state index contributed by atoms with van der Waals surface area (Å²) in [5, 5.41) is 4.19. The molecule has 2 aliphatic heterocycles. The maximum atomic E-state index is 13.5. The minimum atomic E-state index is -0.254. The molecular weight excluding hydrogens is 349 g/mol. The summed E-state index contributed by atoms with van der Waals surface area (Å²) in [4.78, 5) is 6.62. The first-order valence-corrected chi connectivity index (χ1v) is 9.52. The number of nitrogens with one attached hydrogen (secondary N) is 1. The van der Waals surface area contributed by atoms with Crippen molar-refractivity contribution in [3.63, 3.8) is 0 Å². The second-order valence-corrected chi connectivity index (χ2v) is 7.10. The molecule has 0 spiro atoms. The predicted octanol–water partition coefficient (Wildman–Crippen LogP) is 2.84. The van der Waals surface area contributed by atoms with Gasteiger partial charge < -0.3 is 24.1 Å². The summed E-state index contributed by atoms with van der Waals surface area (Å²) >= 11 is 0. The van der Waals surface area contributed by atoms with Crippen LogP contribution in [0.25, 0.3) is 11.0 Å². The summed E-state index contributed by atoms with van der Waals surface area (Å²) in [5.41, 5.74) is 1.65. The third kappa shape index (κ3) is 3.80. The lowest BCUT2D eigenvalue weighted by atomic mass is 10.1. The Hall–Kier alpha value is -2.12. The smallest absolute Gasteiger partial charge is 0.194 e. The first-order valence-electron chi connectivity index (χ1n) is 9.52. The molecule has 7 heteroatoms. The number of benzene rings is 1. The van der Waals surface area contributed by atoms with Crippen LogP contribution in [0.15, 0.2) is 27.6 Å². The first kappa shape index (κ1) is 18.3. The minimum absolute atomic E-state index is 0.0794. The van der Waals surface area contributed by atoms with Gasteiger partial charge in [0, 0.05) is 37.7 Å². The molecule has 4 rings (SSSR count). The molecule has 0 radical (unpaired) electrons. The molecule has 1 aromatic heterocycles. The maximum Gasteiger partial charge on any atom is 0.194 e. The summed E-state index contributed by atoms with van der Waals surface area (Å²) in [6, 6.07) is 4.60. The van der Waals surface area contributed by atoms with Gasteiger partial charge in [0.2, 0.25) is 0 Å². The zero-order valence-electron chi connectivity index (χ0n) is 15.8. The fourth-order valence-corrected chi connectivity index (χ4v) is 3.89. The number of aliphatic imine (C=N–C) groups is 1. The van der Waals surface area contributed by atoms with Gasteiger partial charge in [-0.2, -0.15) is 0 Å². The Bertz CT molecular complexity index is 829. The van der Waals surface area contributed by atoms with E-state index in [4.69, 9.17) is 13.9 Å². The normalized spacial score (nSPS) is 24.0. The lowest BCUT2D eigenvalue weighted by Crippen LogP contribution is -2.53. The van der Waals surface area contributed by atoms with Crippen LogP contribution in [-0.4, -0.2) is 56.4 Å². The van der Waals surface area contributed by atoms with E-state index in [-0.39, 0.29) is 18.0 Å². The van der Waals surface area contributed by atoms with E-state index < -0.39 is 0 Å². The van der Waals surface area contributed by atoms with Crippen LogP contribution < -0.4 is 5.32 Å². The number of morpholine rings is 1. The largest absolute Gasteiger partial charge is 0.459 e. The number of nitrogens with zero attached hydrogens (tertiary/aromatic N) is 2. The van der Waals surface area contributed by atoms with E-state index >= 15 is 0 Å². The van der Waals surface area contributed by atoms with Gasteiger partial charge in [0.25, 0.3) is 0 Å². The van der Waals surface area contributed by atoms with Crippen LogP contribution in [0.5, 0.6) is 0 Å². The van der Waals surface area contributed by atoms with E-state index in [1.165, 1.54) is 12.1 Å². The molecule has 2 fully saturated rings. The van der Waals surface area contributed by atoms with Crippen LogP contribution in [0.2, 0.25) is 0 Å². The number of hydrogen-bond donors (Lipinski definition) is 1. The van der Waals surface area contributed by atoms with Gasteiger partial charge in [-0.15, -0.1) is 0 Å². The zero-order chi connectivity index (χ0) is 18.8. The summed E-state index contributed by atoms with van der Waals surface area (Å²) in [6.07, 6.45) is 2.41. The second-order valence-electron chi connectivity index (χ2n) is 7.10. The molecule has 2 aromatic rings. The van der Waals surface area contributed by atoms with E-state index in [0.717, 1.165) is 55.2 Å². The van der Waals surface area contributed by atoms with Gasteiger partial charge in [-0.1, -0.05) is 0 Å². The van der Waals surface area contributed by atoms with E-state index in [1.807, 2.05) is 6.92 Å². The van der Waals surface area contributed by atoms with E-state index in [1.54, 1.807) is 13.1 Å². The lowest BCUT2D eigenvalue weighted by Gasteiger charge is -2.37. The summed E-state index contributed by atoms with van der Waals surface area (Å²) in [6.45, 7) is 5.48. The van der Waals surface area contributed by atoms with Crippen LogP contribution in [0.1, 0.15) is 24.2 Å². The van der Waals surface area contributed by atoms with Crippen molar-refractivity contribution in [3.05, 3.63) is 35.3 Å². The van der Waals surface area contributed by atoms with Gasteiger partial charge in [-0.05, 0) is 38.0 Å². The number of ether oxygens (including phenoxy) is 2. The van der Waals surface area contributed by atoms with Crippen molar-refractivity contribution >= 4 is 16.9 Å². The average Bonchev–Trinajstić information content (AvgIpc) is 3.32. The molecule has 146 valence electrons. The molecular formula is C20H26FN3O3. The molecule has 0 bridgehead atoms. The van der Waals surface area contributed by atoms with Crippen molar-refractivity contribution in [2.24, 2.45) is 4.99 Å². The van der Waals surface area contributed by atoms with Gasteiger partial charge >= 0.3 is 0 Å². The predicted molar refractivity (Wildman–Crippen MR) is 101 cm³/mol. The number of hydrogen-bond acceptors (Lipinski definition) is 4. The minimum Gasteiger partial charge on any atom is -0.459 e. The Morgan fingerprint density at radius 2 is 2.15 bits per heavy atom. The van der Waals surface area contributed by atoms with Crippen LogP contribution in [0, 0.1) is 12.7 Å². The number of guanidine groups is 1. The fourth-order valence-electron chi connectivity index (χ4n) is 3.89. The van der Waals surface area contributed by atoms with Crippen molar-refractivity contribution in [1.29, 1.82) is 0 Å². The second kappa shape index (κ2) is 7.86. The molecule has 0 saturated carbocycles. The first-order chi connectivity index (χ1) is 13.2. The van der Waals surface area contributed by atoms with Crippen molar-refractivity contribution in [1.82, 2.24) is 10.2 Å². The third-order valence-corrected chi connectivity index (χ3v) is 5.39. The molecule has 27 heavy (non-hydrogen) atoms. The Morgan fingerprint density at radius 3 is 2.93 bits per heavy atom. The standard InChI is InChI=1S/C20H26FN3O3/c1-13-15-10-14(21)5-6-16(15)27-18(13)11-23-20(22-2)24-7-9-26-19(12-24)17-4-3-8-25-17/h5-6,10,17,19H,3-4,7-9,11-12H2,1-2H3,(H,22,23). The SMILES string of the molecule is CN=C(NCc1oc2ccc(F)cc2c1C)N1CCOC(C2CCCO2)C1.